The second-order valence-electron chi connectivity index (χ2n) is 2.76. The summed E-state index contributed by atoms with van der Waals surface area (Å²) in [6.07, 6.45) is 1.52. The number of benzene rings is 1. The normalized spacial score (nSPS) is 10.3. The maximum Gasteiger partial charge on any atom is 0.191 e. The molecule has 2 aromatic rings. The Labute approximate surface area is 75.0 Å². The average Bonchev–Trinajstić information content (AvgIpc) is 2.52. The minimum Gasteiger partial charge on any atom is -0.449 e. The first-order chi connectivity index (χ1) is 6.25. The molecule has 0 bridgehead atoms. The molecule has 0 aliphatic carbocycles. The molecule has 0 saturated heterocycles. The molecule has 0 aliphatic heterocycles. The number of hydrogen-bond donors (Lipinski definition) is 0. The maximum absolute atomic E-state index is 12.8. The SMILES string of the molecule is Cc1nc(-c2cccc(F)c2)co1. The molecule has 2 rings (SSSR count). The third kappa shape index (κ3) is 1.59. The lowest BCUT2D eigenvalue weighted by Crippen LogP contribution is -1.79. The Kier molecular flexibility index (Phi) is 1.85. The van der Waals surface area contributed by atoms with Crippen LogP contribution in [0, 0.1) is 12.7 Å². The van der Waals surface area contributed by atoms with E-state index in [0.717, 1.165) is 5.56 Å². The lowest BCUT2D eigenvalue weighted by atomic mass is 10.2. The third-order valence-corrected chi connectivity index (χ3v) is 1.74. The van der Waals surface area contributed by atoms with E-state index in [1.807, 2.05) is 0 Å². The summed E-state index contributed by atoms with van der Waals surface area (Å²) in [4.78, 5) is 4.09. The van der Waals surface area contributed by atoms with E-state index in [2.05, 4.69) is 4.98 Å². The second-order valence-corrected chi connectivity index (χ2v) is 2.76. The molecule has 0 spiro atoms. The lowest BCUT2D eigenvalue weighted by Gasteiger charge is -1.93. The number of aryl methyl sites for hydroxylation is 1. The highest BCUT2D eigenvalue weighted by Crippen LogP contribution is 2.18. The fourth-order valence-corrected chi connectivity index (χ4v) is 1.14. The molecule has 1 aromatic carbocycles. The first-order valence-electron chi connectivity index (χ1n) is 3.94. The van der Waals surface area contributed by atoms with Crippen LogP contribution in [0.4, 0.5) is 4.39 Å². The fourth-order valence-electron chi connectivity index (χ4n) is 1.14. The van der Waals surface area contributed by atoms with Crippen LogP contribution in [0.1, 0.15) is 5.89 Å². The minimum absolute atomic E-state index is 0.266. The summed E-state index contributed by atoms with van der Waals surface area (Å²) in [7, 11) is 0. The van der Waals surface area contributed by atoms with Gasteiger partial charge in [-0.3, -0.25) is 0 Å². The summed E-state index contributed by atoms with van der Waals surface area (Å²) in [5, 5.41) is 0. The molecule has 0 saturated carbocycles. The summed E-state index contributed by atoms with van der Waals surface area (Å²) in [5.41, 5.74) is 1.40. The molecule has 1 heterocycles. The fraction of sp³-hybridized carbons (Fsp3) is 0.100. The van der Waals surface area contributed by atoms with Gasteiger partial charge in [0.2, 0.25) is 0 Å². The van der Waals surface area contributed by atoms with Gasteiger partial charge in [0.25, 0.3) is 0 Å². The van der Waals surface area contributed by atoms with E-state index in [-0.39, 0.29) is 5.82 Å². The number of halogens is 1. The van der Waals surface area contributed by atoms with E-state index >= 15 is 0 Å². The molecule has 3 heteroatoms. The number of rotatable bonds is 1. The Morgan fingerprint density at radius 2 is 2.23 bits per heavy atom. The zero-order valence-corrected chi connectivity index (χ0v) is 7.12. The molecule has 0 unspecified atom stereocenters. The predicted octanol–water partition coefficient (Wildman–Crippen LogP) is 2.79. The summed E-state index contributed by atoms with van der Waals surface area (Å²) >= 11 is 0. The van der Waals surface area contributed by atoms with Crippen molar-refractivity contribution in [1.29, 1.82) is 0 Å². The average molecular weight is 177 g/mol. The van der Waals surface area contributed by atoms with E-state index < -0.39 is 0 Å². The molecular formula is C10H8FNO. The van der Waals surface area contributed by atoms with Gasteiger partial charge in [-0.2, -0.15) is 0 Å². The van der Waals surface area contributed by atoms with E-state index in [9.17, 15) is 4.39 Å². The second kappa shape index (κ2) is 3.01. The van der Waals surface area contributed by atoms with Crippen LogP contribution in [0.5, 0.6) is 0 Å². The smallest absolute Gasteiger partial charge is 0.191 e. The summed E-state index contributed by atoms with van der Waals surface area (Å²) < 4.78 is 17.8. The van der Waals surface area contributed by atoms with Gasteiger partial charge in [0.15, 0.2) is 5.89 Å². The molecule has 2 nitrogen and oxygen atoms in total. The van der Waals surface area contributed by atoms with Gasteiger partial charge in [-0.05, 0) is 12.1 Å². The Balaban J connectivity index is 2.46. The molecule has 13 heavy (non-hydrogen) atoms. The van der Waals surface area contributed by atoms with Crippen molar-refractivity contribution in [3.05, 3.63) is 42.2 Å². The van der Waals surface area contributed by atoms with Crippen LogP contribution in [0.15, 0.2) is 34.9 Å². The van der Waals surface area contributed by atoms with Crippen molar-refractivity contribution in [3.63, 3.8) is 0 Å². The standard InChI is InChI=1S/C10H8FNO/c1-7-12-10(6-13-7)8-3-2-4-9(11)5-8/h2-6H,1H3. The van der Waals surface area contributed by atoms with Crippen LogP contribution in [-0.4, -0.2) is 4.98 Å². The maximum atomic E-state index is 12.8. The van der Waals surface area contributed by atoms with Crippen molar-refractivity contribution in [2.45, 2.75) is 6.92 Å². The molecular weight excluding hydrogens is 169 g/mol. The van der Waals surface area contributed by atoms with Gasteiger partial charge in [0, 0.05) is 12.5 Å². The highest BCUT2D eigenvalue weighted by atomic mass is 19.1. The van der Waals surface area contributed by atoms with Crippen molar-refractivity contribution in [2.75, 3.05) is 0 Å². The molecule has 0 atom stereocenters. The zero-order valence-electron chi connectivity index (χ0n) is 7.12. The molecule has 0 N–H and O–H groups in total. The summed E-state index contributed by atoms with van der Waals surface area (Å²) in [6.45, 7) is 1.75. The summed E-state index contributed by atoms with van der Waals surface area (Å²) in [6, 6.07) is 6.27. The van der Waals surface area contributed by atoms with Crippen molar-refractivity contribution in [1.82, 2.24) is 4.98 Å². The monoisotopic (exact) mass is 177 g/mol. The van der Waals surface area contributed by atoms with Crippen LogP contribution in [0.25, 0.3) is 11.3 Å². The first kappa shape index (κ1) is 7.98. The van der Waals surface area contributed by atoms with Crippen LogP contribution in [-0.2, 0) is 0 Å². The Morgan fingerprint density at radius 1 is 1.38 bits per heavy atom. The first-order valence-corrected chi connectivity index (χ1v) is 3.94. The molecule has 0 fully saturated rings. The van der Waals surface area contributed by atoms with Gasteiger partial charge in [-0.15, -0.1) is 0 Å². The van der Waals surface area contributed by atoms with Crippen LogP contribution in [0.3, 0.4) is 0 Å². The van der Waals surface area contributed by atoms with Crippen molar-refractivity contribution in [2.24, 2.45) is 0 Å². The van der Waals surface area contributed by atoms with Crippen LogP contribution < -0.4 is 0 Å². The van der Waals surface area contributed by atoms with E-state index in [1.165, 1.54) is 18.4 Å². The Hall–Kier alpha value is -1.64. The zero-order chi connectivity index (χ0) is 9.26. The predicted molar refractivity (Wildman–Crippen MR) is 46.6 cm³/mol. The van der Waals surface area contributed by atoms with Gasteiger partial charge in [-0.25, -0.2) is 9.37 Å². The van der Waals surface area contributed by atoms with Gasteiger partial charge in [0.05, 0.1) is 0 Å². The molecule has 0 amide bonds. The molecule has 0 aliphatic rings. The van der Waals surface area contributed by atoms with E-state index in [4.69, 9.17) is 4.42 Å². The van der Waals surface area contributed by atoms with Gasteiger partial charge >= 0.3 is 0 Å². The Morgan fingerprint density at radius 3 is 2.85 bits per heavy atom. The lowest BCUT2D eigenvalue weighted by molar-refractivity contribution is 0.521. The van der Waals surface area contributed by atoms with Gasteiger partial charge < -0.3 is 4.42 Å². The molecule has 1 aromatic heterocycles. The topological polar surface area (TPSA) is 26.0 Å². The van der Waals surface area contributed by atoms with Crippen molar-refractivity contribution >= 4 is 0 Å². The minimum atomic E-state index is -0.266. The number of aromatic nitrogens is 1. The third-order valence-electron chi connectivity index (χ3n) is 1.74. The van der Waals surface area contributed by atoms with Crippen LogP contribution in [0.2, 0.25) is 0 Å². The number of oxazole rings is 1. The Bertz CT molecular complexity index is 422. The number of nitrogens with zero attached hydrogens (tertiary/aromatic N) is 1. The van der Waals surface area contributed by atoms with Gasteiger partial charge in [0.1, 0.15) is 17.8 Å². The largest absolute Gasteiger partial charge is 0.449 e. The highest BCUT2D eigenvalue weighted by molar-refractivity contribution is 5.57. The van der Waals surface area contributed by atoms with Gasteiger partial charge in [-0.1, -0.05) is 12.1 Å². The van der Waals surface area contributed by atoms with Crippen molar-refractivity contribution in [3.8, 4) is 11.3 Å². The van der Waals surface area contributed by atoms with Crippen molar-refractivity contribution < 1.29 is 8.81 Å². The summed E-state index contributed by atoms with van der Waals surface area (Å²) in [5.74, 6) is 0.317. The quantitative estimate of drug-likeness (QED) is 0.669. The molecule has 0 radical (unpaired) electrons. The van der Waals surface area contributed by atoms with E-state index in [1.54, 1.807) is 19.1 Å². The van der Waals surface area contributed by atoms with Crippen LogP contribution >= 0.6 is 0 Å². The molecule has 66 valence electrons. The van der Waals surface area contributed by atoms with E-state index in [0.29, 0.717) is 11.6 Å². The highest BCUT2D eigenvalue weighted by Gasteiger charge is 2.03. The number of hydrogen-bond acceptors (Lipinski definition) is 2.